The van der Waals surface area contributed by atoms with Crippen molar-refractivity contribution in [2.75, 3.05) is 5.73 Å². The lowest BCUT2D eigenvalue weighted by molar-refractivity contribution is 0.595. The van der Waals surface area contributed by atoms with Crippen LogP contribution in [0.5, 0.6) is 0 Å². The van der Waals surface area contributed by atoms with Crippen molar-refractivity contribution in [3.63, 3.8) is 0 Å². The zero-order chi connectivity index (χ0) is 14.0. The zero-order valence-electron chi connectivity index (χ0n) is 9.81. The second kappa shape index (κ2) is 5.53. The molecule has 2 rings (SSSR count). The molecule has 19 heavy (non-hydrogen) atoms. The second-order valence-electron chi connectivity index (χ2n) is 4.07. The van der Waals surface area contributed by atoms with Gasteiger partial charge in [-0.3, -0.25) is 0 Å². The van der Waals surface area contributed by atoms with Gasteiger partial charge in [0.2, 0.25) is 0 Å². The first-order valence-corrected chi connectivity index (χ1v) is 8.23. The van der Waals surface area contributed by atoms with Gasteiger partial charge in [0.1, 0.15) is 0 Å². The number of rotatable bonds is 3. The Hall–Kier alpha value is -1.04. The van der Waals surface area contributed by atoms with Gasteiger partial charge in [-0.15, -0.1) is 0 Å². The summed E-state index contributed by atoms with van der Waals surface area (Å²) in [6.07, 6.45) is 0. The van der Waals surface area contributed by atoms with Crippen molar-refractivity contribution in [1.82, 2.24) is 0 Å². The minimum absolute atomic E-state index is 0.150. The van der Waals surface area contributed by atoms with E-state index in [0.717, 1.165) is 4.47 Å². The predicted molar refractivity (Wildman–Crippen MR) is 80.9 cm³/mol. The minimum Gasteiger partial charge on any atom is -0.399 e. The lowest BCUT2D eigenvalue weighted by atomic mass is 10.2. The van der Waals surface area contributed by atoms with Crippen LogP contribution in [0.25, 0.3) is 0 Å². The van der Waals surface area contributed by atoms with Crippen molar-refractivity contribution < 1.29 is 8.42 Å². The largest absolute Gasteiger partial charge is 0.399 e. The summed E-state index contributed by atoms with van der Waals surface area (Å²) >= 11 is 9.26. The summed E-state index contributed by atoms with van der Waals surface area (Å²) in [6, 6.07) is 11.4. The number of nitrogen functional groups attached to an aromatic ring is 1. The Morgan fingerprint density at radius 1 is 1.16 bits per heavy atom. The van der Waals surface area contributed by atoms with Gasteiger partial charge < -0.3 is 5.73 Å². The quantitative estimate of drug-likeness (QED) is 0.850. The lowest BCUT2D eigenvalue weighted by Crippen LogP contribution is -2.05. The van der Waals surface area contributed by atoms with Crippen LogP contribution in [0, 0.1) is 0 Å². The molecule has 0 saturated carbocycles. The summed E-state index contributed by atoms with van der Waals surface area (Å²) in [7, 11) is -3.43. The standard InChI is InChI=1S/C13H11BrClNO2S/c14-10-2-1-3-12(6-10)19(17,18)8-9-4-5-11(16)7-13(9)15/h1-7H,8,16H2. The van der Waals surface area contributed by atoms with Gasteiger partial charge in [0, 0.05) is 15.2 Å². The van der Waals surface area contributed by atoms with Gasteiger partial charge in [0.15, 0.2) is 9.84 Å². The first-order chi connectivity index (χ1) is 8.88. The second-order valence-corrected chi connectivity index (χ2v) is 7.38. The van der Waals surface area contributed by atoms with E-state index in [0.29, 0.717) is 16.3 Å². The average molecular weight is 361 g/mol. The topological polar surface area (TPSA) is 60.2 Å². The van der Waals surface area contributed by atoms with Crippen LogP contribution in [-0.4, -0.2) is 8.42 Å². The smallest absolute Gasteiger partial charge is 0.182 e. The summed E-state index contributed by atoms with van der Waals surface area (Å²) in [5.41, 5.74) is 6.63. The third kappa shape index (κ3) is 3.49. The molecule has 2 N–H and O–H groups in total. The molecule has 0 heterocycles. The van der Waals surface area contributed by atoms with Crippen molar-refractivity contribution in [2.24, 2.45) is 0 Å². The third-order valence-electron chi connectivity index (χ3n) is 2.58. The average Bonchev–Trinajstić information content (AvgIpc) is 2.33. The summed E-state index contributed by atoms with van der Waals surface area (Å²) < 4.78 is 25.3. The van der Waals surface area contributed by atoms with Crippen molar-refractivity contribution in [1.29, 1.82) is 0 Å². The van der Waals surface area contributed by atoms with Gasteiger partial charge in [0.25, 0.3) is 0 Å². The third-order valence-corrected chi connectivity index (χ3v) is 5.09. The molecule has 2 aromatic carbocycles. The molecule has 0 unspecified atom stereocenters. The highest BCUT2D eigenvalue weighted by Gasteiger charge is 2.17. The fraction of sp³-hybridized carbons (Fsp3) is 0.0769. The van der Waals surface area contributed by atoms with Gasteiger partial charge in [-0.1, -0.05) is 39.7 Å². The van der Waals surface area contributed by atoms with Crippen LogP contribution in [0.15, 0.2) is 51.8 Å². The zero-order valence-corrected chi connectivity index (χ0v) is 13.0. The van der Waals surface area contributed by atoms with Crippen molar-refractivity contribution >= 4 is 43.1 Å². The van der Waals surface area contributed by atoms with Gasteiger partial charge in [-0.05, 0) is 35.9 Å². The summed E-state index contributed by atoms with van der Waals surface area (Å²) in [4.78, 5) is 0.259. The first-order valence-electron chi connectivity index (χ1n) is 5.41. The van der Waals surface area contributed by atoms with E-state index in [4.69, 9.17) is 17.3 Å². The lowest BCUT2D eigenvalue weighted by Gasteiger charge is -2.07. The highest BCUT2D eigenvalue weighted by Crippen LogP contribution is 2.25. The van der Waals surface area contributed by atoms with Crippen LogP contribution in [0.1, 0.15) is 5.56 Å². The van der Waals surface area contributed by atoms with E-state index in [-0.39, 0.29) is 10.6 Å². The summed E-state index contributed by atoms with van der Waals surface area (Å²) in [5, 5.41) is 0.360. The van der Waals surface area contributed by atoms with Crippen LogP contribution in [0.4, 0.5) is 5.69 Å². The SMILES string of the molecule is Nc1ccc(CS(=O)(=O)c2cccc(Br)c2)c(Cl)c1. The molecule has 100 valence electrons. The molecule has 0 aliphatic carbocycles. The monoisotopic (exact) mass is 359 g/mol. The van der Waals surface area contributed by atoms with Gasteiger partial charge in [0.05, 0.1) is 10.6 Å². The molecular weight excluding hydrogens is 350 g/mol. The molecule has 0 bridgehead atoms. The Morgan fingerprint density at radius 2 is 1.89 bits per heavy atom. The maximum absolute atomic E-state index is 12.3. The molecule has 0 spiro atoms. The molecule has 0 fully saturated rings. The van der Waals surface area contributed by atoms with Crippen LogP contribution in [0.2, 0.25) is 5.02 Å². The maximum Gasteiger partial charge on any atom is 0.182 e. The molecule has 0 aromatic heterocycles. The van der Waals surface area contributed by atoms with E-state index in [1.165, 1.54) is 0 Å². The first kappa shape index (κ1) is 14.4. The molecule has 3 nitrogen and oxygen atoms in total. The number of hydrogen-bond acceptors (Lipinski definition) is 3. The number of nitrogens with two attached hydrogens (primary N) is 1. The van der Waals surface area contributed by atoms with Crippen LogP contribution in [-0.2, 0) is 15.6 Å². The van der Waals surface area contributed by atoms with E-state index in [9.17, 15) is 8.42 Å². The minimum atomic E-state index is -3.43. The predicted octanol–water partition coefficient (Wildman–Crippen LogP) is 3.66. The van der Waals surface area contributed by atoms with E-state index in [2.05, 4.69) is 15.9 Å². The van der Waals surface area contributed by atoms with Gasteiger partial charge in [-0.25, -0.2) is 8.42 Å². The van der Waals surface area contributed by atoms with Crippen molar-refractivity contribution in [3.8, 4) is 0 Å². The Morgan fingerprint density at radius 3 is 2.53 bits per heavy atom. The van der Waals surface area contributed by atoms with Gasteiger partial charge in [-0.2, -0.15) is 0 Å². The van der Waals surface area contributed by atoms with E-state index >= 15 is 0 Å². The molecule has 0 atom stereocenters. The number of anilines is 1. The molecular formula is C13H11BrClNO2S. The maximum atomic E-state index is 12.3. The Bertz CT molecular complexity index is 716. The normalized spacial score (nSPS) is 11.5. The fourth-order valence-electron chi connectivity index (χ4n) is 1.63. The number of hydrogen-bond donors (Lipinski definition) is 1. The van der Waals surface area contributed by atoms with Crippen LogP contribution >= 0.6 is 27.5 Å². The molecule has 0 amide bonds. The molecule has 0 saturated heterocycles. The van der Waals surface area contributed by atoms with E-state index in [1.807, 2.05) is 0 Å². The molecule has 0 aliphatic heterocycles. The van der Waals surface area contributed by atoms with E-state index < -0.39 is 9.84 Å². The molecule has 0 radical (unpaired) electrons. The highest BCUT2D eigenvalue weighted by atomic mass is 79.9. The number of sulfone groups is 1. The summed E-state index contributed by atoms with van der Waals surface area (Å²) in [6.45, 7) is 0. The Balaban J connectivity index is 2.36. The highest BCUT2D eigenvalue weighted by molar-refractivity contribution is 9.10. The van der Waals surface area contributed by atoms with Crippen molar-refractivity contribution in [3.05, 3.63) is 57.5 Å². The van der Waals surface area contributed by atoms with Crippen molar-refractivity contribution in [2.45, 2.75) is 10.6 Å². The number of halogens is 2. The molecule has 2 aromatic rings. The fourth-order valence-corrected chi connectivity index (χ4v) is 3.94. The molecule has 0 aliphatic rings. The summed E-state index contributed by atoms with van der Waals surface area (Å²) in [5.74, 6) is -0.150. The van der Waals surface area contributed by atoms with Crippen LogP contribution in [0.3, 0.4) is 0 Å². The van der Waals surface area contributed by atoms with Gasteiger partial charge >= 0.3 is 0 Å². The Labute approximate surface area is 125 Å². The Kier molecular flexibility index (Phi) is 4.18. The number of benzene rings is 2. The van der Waals surface area contributed by atoms with E-state index in [1.54, 1.807) is 42.5 Å². The van der Waals surface area contributed by atoms with Crippen LogP contribution < -0.4 is 5.73 Å². The molecule has 6 heteroatoms.